The van der Waals surface area contributed by atoms with E-state index in [-0.39, 0.29) is 0 Å². The molecule has 1 aromatic heterocycles. The lowest BCUT2D eigenvalue weighted by atomic mass is 10.2. The van der Waals surface area contributed by atoms with Crippen molar-refractivity contribution in [1.29, 1.82) is 0 Å². The van der Waals surface area contributed by atoms with Crippen LogP contribution in [-0.2, 0) is 6.42 Å². The fraction of sp³-hybridized carbons (Fsp3) is 0.375. The molecule has 0 spiro atoms. The lowest BCUT2D eigenvalue weighted by molar-refractivity contribution is 0.380. The van der Waals surface area contributed by atoms with Gasteiger partial charge < -0.3 is 4.52 Å². The van der Waals surface area contributed by atoms with Crippen LogP contribution >= 0.6 is 0 Å². The van der Waals surface area contributed by atoms with Gasteiger partial charge >= 0.3 is 0 Å². The van der Waals surface area contributed by atoms with Crippen molar-refractivity contribution >= 4 is 0 Å². The van der Waals surface area contributed by atoms with E-state index in [1.807, 2.05) is 13.0 Å². The lowest BCUT2D eigenvalue weighted by Gasteiger charge is -1.83. The van der Waals surface area contributed by atoms with Crippen molar-refractivity contribution in [2.24, 2.45) is 0 Å². The van der Waals surface area contributed by atoms with Gasteiger partial charge in [0.15, 0.2) is 0 Å². The highest BCUT2D eigenvalue weighted by Gasteiger charge is 1.97. The third kappa shape index (κ3) is 1.63. The van der Waals surface area contributed by atoms with Crippen LogP contribution in [0.15, 0.2) is 10.6 Å². The van der Waals surface area contributed by atoms with E-state index >= 15 is 0 Å². The molecule has 0 saturated carbocycles. The molecule has 0 saturated heterocycles. The molecule has 10 heavy (non-hydrogen) atoms. The number of aromatic nitrogens is 1. The van der Waals surface area contributed by atoms with Gasteiger partial charge in [-0.05, 0) is 6.92 Å². The number of hydrogen-bond acceptors (Lipinski definition) is 2. The van der Waals surface area contributed by atoms with Gasteiger partial charge in [-0.2, -0.15) is 0 Å². The van der Waals surface area contributed by atoms with Crippen LogP contribution in [0, 0.1) is 19.3 Å². The minimum absolute atomic E-state index is 0.717. The van der Waals surface area contributed by atoms with Crippen LogP contribution in [-0.4, -0.2) is 5.16 Å². The molecule has 0 N–H and O–H groups in total. The molecule has 0 bridgehead atoms. The zero-order chi connectivity index (χ0) is 7.40. The van der Waals surface area contributed by atoms with Crippen LogP contribution in [0.4, 0.5) is 0 Å². The average Bonchev–Trinajstić information content (AvgIpc) is 2.31. The summed E-state index contributed by atoms with van der Waals surface area (Å²) in [6, 6.07) is 1.90. The fourth-order valence-corrected chi connectivity index (χ4v) is 0.729. The molecule has 0 aliphatic carbocycles. The van der Waals surface area contributed by atoms with Crippen LogP contribution in [0.3, 0.4) is 0 Å². The molecule has 0 fully saturated rings. The maximum atomic E-state index is 5.07. The van der Waals surface area contributed by atoms with E-state index in [0.717, 1.165) is 17.9 Å². The second kappa shape index (κ2) is 3.07. The highest BCUT2D eigenvalue weighted by atomic mass is 16.5. The van der Waals surface area contributed by atoms with Crippen LogP contribution in [0.1, 0.15) is 17.9 Å². The molecular formula is C8H9NO. The summed E-state index contributed by atoms with van der Waals surface area (Å²) in [7, 11) is 0. The van der Waals surface area contributed by atoms with Gasteiger partial charge in [0.2, 0.25) is 0 Å². The largest absolute Gasteiger partial charge is 0.361 e. The molecule has 2 heteroatoms. The Bertz CT molecular complexity index is 244. The zero-order valence-corrected chi connectivity index (χ0v) is 5.92. The van der Waals surface area contributed by atoms with Crippen molar-refractivity contribution in [2.45, 2.75) is 19.8 Å². The van der Waals surface area contributed by atoms with E-state index in [2.05, 4.69) is 11.1 Å². The predicted molar refractivity (Wildman–Crippen MR) is 38.4 cm³/mol. The van der Waals surface area contributed by atoms with Gasteiger partial charge in [0.25, 0.3) is 0 Å². The number of nitrogens with zero attached hydrogens (tertiary/aromatic N) is 1. The Balaban J connectivity index is 2.52. The van der Waals surface area contributed by atoms with Gasteiger partial charge in [-0.3, -0.25) is 0 Å². The normalized spacial score (nSPS) is 9.20. The predicted octanol–water partition coefficient (Wildman–Crippen LogP) is 1.55. The standard InChI is InChI=1S/C8H9NO/c1-3-4-5-8-6-7(2)9-10-8/h1,6H,4-5H2,2H3. The first kappa shape index (κ1) is 6.88. The Kier molecular flexibility index (Phi) is 2.11. The number of hydrogen-bond donors (Lipinski definition) is 0. The van der Waals surface area contributed by atoms with Gasteiger partial charge in [0, 0.05) is 18.9 Å². The van der Waals surface area contributed by atoms with Crippen LogP contribution < -0.4 is 0 Å². The minimum Gasteiger partial charge on any atom is -0.361 e. The second-order valence-corrected chi connectivity index (χ2v) is 2.14. The molecular weight excluding hydrogens is 126 g/mol. The monoisotopic (exact) mass is 135 g/mol. The summed E-state index contributed by atoms with van der Waals surface area (Å²) in [5, 5.41) is 3.73. The Labute approximate surface area is 60.2 Å². The van der Waals surface area contributed by atoms with E-state index in [1.54, 1.807) is 0 Å². The maximum Gasteiger partial charge on any atom is 0.137 e. The molecule has 0 atom stereocenters. The summed E-state index contributed by atoms with van der Waals surface area (Å²) < 4.78 is 4.92. The summed E-state index contributed by atoms with van der Waals surface area (Å²) >= 11 is 0. The SMILES string of the molecule is C#CCCc1cc(C)no1. The van der Waals surface area contributed by atoms with Gasteiger partial charge in [-0.25, -0.2) is 0 Å². The van der Waals surface area contributed by atoms with Crippen molar-refractivity contribution in [3.05, 3.63) is 17.5 Å². The summed E-state index contributed by atoms with van der Waals surface area (Å²) in [6.45, 7) is 1.89. The summed E-state index contributed by atoms with van der Waals surface area (Å²) in [6.07, 6.45) is 6.58. The topological polar surface area (TPSA) is 26.0 Å². The smallest absolute Gasteiger partial charge is 0.137 e. The van der Waals surface area contributed by atoms with E-state index in [1.165, 1.54) is 0 Å². The first-order valence-electron chi connectivity index (χ1n) is 3.18. The number of terminal acetylenes is 1. The first-order valence-corrected chi connectivity index (χ1v) is 3.18. The summed E-state index contributed by atoms with van der Waals surface area (Å²) in [5.41, 5.74) is 0.909. The fourth-order valence-electron chi connectivity index (χ4n) is 0.729. The van der Waals surface area contributed by atoms with Gasteiger partial charge in [0.05, 0.1) is 5.69 Å². The van der Waals surface area contributed by atoms with Crippen LogP contribution in [0.5, 0.6) is 0 Å². The van der Waals surface area contributed by atoms with Crippen LogP contribution in [0.2, 0.25) is 0 Å². The average molecular weight is 135 g/mol. The highest BCUT2D eigenvalue weighted by Crippen LogP contribution is 2.03. The molecule has 1 rings (SSSR count). The Morgan fingerprint density at radius 2 is 2.60 bits per heavy atom. The van der Waals surface area contributed by atoms with Crippen molar-refractivity contribution in [3.63, 3.8) is 0 Å². The molecule has 2 nitrogen and oxygen atoms in total. The lowest BCUT2D eigenvalue weighted by Crippen LogP contribution is -1.76. The minimum atomic E-state index is 0.717. The Morgan fingerprint density at radius 3 is 3.10 bits per heavy atom. The van der Waals surface area contributed by atoms with E-state index in [0.29, 0.717) is 6.42 Å². The molecule has 1 aromatic rings. The molecule has 0 aromatic carbocycles. The number of aryl methyl sites for hydroxylation is 2. The Hall–Kier alpha value is -1.23. The van der Waals surface area contributed by atoms with Crippen molar-refractivity contribution < 1.29 is 4.52 Å². The molecule has 0 unspecified atom stereocenters. The molecule has 0 radical (unpaired) electrons. The van der Waals surface area contributed by atoms with Gasteiger partial charge in [-0.1, -0.05) is 5.16 Å². The van der Waals surface area contributed by atoms with E-state index < -0.39 is 0 Å². The molecule has 0 amide bonds. The van der Waals surface area contributed by atoms with E-state index in [9.17, 15) is 0 Å². The number of rotatable bonds is 2. The molecule has 1 heterocycles. The molecule has 0 aliphatic heterocycles. The zero-order valence-electron chi connectivity index (χ0n) is 5.92. The quantitative estimate of drug-likeness (QED) is 0.575. The van der Waals surface area contributed by atoms with E-state index in [4.69, 9.17) is 10.9 Å². The Morgan fingerprint density at radius 1 is 1.80 bits per heavy atom. The highest BCUT2D eigenvalue weighted by molar-refractivity contribution is 5.04. The third-order valence-electron chi connectivity index (χ3n) is 1.19. The molecule has 0 aliphatic rings. The van der Waals surface area contributed by atoms with Crippen molar-refractivity contribution in [3.8, 4) is 12.3 Å². The van der Waals surface area contributed by atoms with Crippen molar-refractivity contribution in [1.82, 2.24) is 5.16 Å². The molecule has 52 valence electrons. The van der Waals surface area contributed by atoms with Crippen LogP contribution in [0.25, 0.3) is 0 Å². The first-order chi connectivity index (χ1) is 4.83. The maximum absolute atomic E-state index is 5.07. The second-order valence-electron chi connectivity index (χ2n) is 2.14. The van der Waals surface area contributed by atoms with Crippen molar-refractivity contribution in [2.75, 3.05) is 0 Å². The summed E-state index contributed by atoms with van der Waals surface area (Å²) in [4.78, 5) is 0. The summed E-state index contributed by atoms with van der Waals surface area (Å²) in [5.74, 6) is 3.41. The van der Waals surface area contributed by atoms with Gasteiger partial charge in [-0.15, -0.1) is 12.3 Å². The van der Waals surface area contributed by atoms with Gasteiger partial charge in [0.1, 0.15) is 5.76 Å². The third-order valence-corrected chi connectivity index (χ3v) is 1.19.